The van der Waals surface area contributed by atoms with Crippen LogP contribution in [0.25, 0.3) is 0 Å². The zero-order chi connectivity index (χ0) is 7.40. The molecule has 0 fully saturated rings. The average Bonchev–Trinajstić information content (AvgIpc) is 2.31. The summed E-state index contributed by atoms with van der Waals surface area (Å²) in [6.45, 7) is 2.08. The first-order valence-corrected chi connectivity index (χ1v) is 4.14. The fraction of sp³-hybridized carbons (Fsp3) is 0.600. The molecule has 0 saturated heterocycles. The van der Waals surface area contributed by atoms with E-state index < -0.39 is 0 Å². The van der Waals surface area contributed by atoms with Crippen LogP contribution in [0.15, 0.2) is 4.52 Å². The summed E-state index contributed by atoms with van der Waals surface area (Å²) in [6, 6.07) is 0.145. The number of hydrogen-bond donors (Lipinski definition) is 1. The average molecular weight is 159 g/mol. The molecule has 0 aliphatic carbocycles. The lowest BCUT2D eigenvalue weighted by Crippen LogP contribution is -1.86. The van der Waals surface area contributed by atoms with Crippen molar-refractivity contribution in [3.05, 3.63) is 5.82 Å². The molecule has 0 unspecified atom stereocenters. The third-order valence-electron chi connectivity index (χ3n) is 0.919. The molecule has 4 nitrogen and oxygen atoms in total. The van der Waals surface area contributed by atoms with Crippen LogP contribution in [-0.2, 0) is 5.75 Å². The highest BCUT2D eigenvalue weighted by Gasteiger charge is 2.00. The minimum atomic E-state index is 0.145. The Balaban J connectivity index is 2.42. The second-order valence-electron chi connectivity index (χ2n) is 1.69. The Morgan fingerprint density at radius 3 is 3.00 bits per heavy atom. The number of thioether (sulfide) groups is 1. The molecule has 0 spiro atoms. The van der Waals surface area contributed by atoms with Crippen molar-refractivity contribution in [1.82, 2.24) is 10.1 Å². The Bertz CT molecular complexity index is 201. The zero-order valence-electron chi connectivity index (χ0n) is 5.70. The van der Waals surface area contributed by atoms with Crippen molar-refractivity contribution in [1.29, 1.82) is 0 Å². The van der Waals surface area contributed by atoms with Gasteiger partial charge in [-0.1, -0.05) is 12.1 Å². The molecule has 1 heterocycles. The highest BCUT2D eigenvalue weighted by molar-refractivity contribution is 7.98. The summed E-state index contributed by atoms with van der Waals surface area (Å²) in [6.07, 6.45) is 0. The van der Waals surface area contributed by atoms with Crippen LogP contribution in [0.5, 0.6) is 0 Å². The molecule has 5 heteroatoms. The number of aromatic nitrogens is 2. The molecule has 0 amide bonds. The van der Waals surface area contributed by atoms with Crippen LogP contribution in [0.4, 0.5) is 6.01 Å². The molecule has 0 saturated carbocycles. The predicted molar refractivity (Wildman–Crippen MR) is 40.5 cm³/mol. The van der Waals surface area contributed by atoms with Crippen LogP contribution in [0, 0.1) is 0 Å². The summed E-state index contributed by atoms with van der Waals surface area (Å²) in [5.74, 6) is 2.50. The highest BCUT2D eigenvalue weighted by Crippen LogP contribution is 2.08. The number of nitrogen functional groups attached to an aromatic ring is 1. The SMILES string of the molecule is CCSCc1noc(N)n1. The van der Waals surface area contributed by atoms with Gasteiger partial charge in [0.1, 0.15) is 0 Å². The van der Waals surface area contributed by atoms with Crippen molar-refractivity contribution < 1.29 is 4.52 Å². The maximum absolute atomic E-state index is 5.20. The number of rotatable bonds is 3. The molecule has 1 aromatic rings. The van der Waals surface area contributed by atoms with Gasteiger partial charge in [-0.05, 0) is 5.75 Å². The topological polar surface area (TPSA) is 64.9 Å². The van der Waals surface area contributed by atoms with E-state index in [2.05, 4.69) is 21.6 Å². The Morgan fingerprint density at radius 2 is 2.50 bits per heavy atom. The van der Waals surface area contributed by atoms with Gasteiger partial charge < -0.3 is 10.3 Å². The van der Waals surface area contributed by atoms with Crippen molar-refractivity contribution >= 4 is 17.8 Å². The summed E-state index contributed by atoms with van der Waals surface area (Å²) in [5.41, 5.74) is 5.20. The summed E-state index contributed by atoms with van der Waals surface area (Å²) < 4.78 is 4.56. The van der Waals surface area contributed by atoms with Crippen molar-refractivity contribution in [3.63, 3.8) is 0 Å². The van der Waals surface area contributed by atoms with Gasteiger partial charge in [-0.25, -0.2) is 0 Å². The van der Waals surface area contributed by atoms with Gasteiger partial charge in [0, 0.05) is 0 Å². The molecule has 2 N–H and O–H groups in total. The fourth-order valence-corrected chi connectivity index (χ4v) is 1.02. The number of nitrogens with zero attached hydrogens (tertiary/aromatic N) is 2. The van der Waals surface area contributed by atoms with E-state index in [4.69, 9.17) is 5.73 Å². The quantitative estimate of drug-likeness (QED) is 0.710. The third-order valence-corrected chi connectivity index (χ3v) is 1.79. The standard InChI is InChI=1S/C5H9N3OS/c1-2-10-3-4-7-5(6)9-8-4/h2-3H2,1H3,(H2,6,7,8). The van der Waals surface area contributed by atoms with Crippen molar-refractivity contribution in [3.8, 4) is 0 Å². The second kappa shape index (κ2) is 3.46. The summed E-state index contributed by atoms with van der Waals surface area (Å²) >= 11 is 1.73. The van der Waals surface area contributed by atoms with E-state index in [1.807, 2.05) is 0 Å². The van der Waals surface area contributed by atoms with E-state index >= 15 is 0 Å². The second-order valence-corrected chi connectivity index (χ2v) is 2.96. The molecule has 0 aromatic carbocycles. The minimum absolute atomic E-state index is 0.145. The minimum Gasteiger partial charge on any atom is -0.351 e. The van der Waals surface area contributed by atoms with Gasteiger partial charge in [-0.15, -0.1) is 0 Å². The molecular weight excluding hydrogens is 150 g/mol. The molecule has 0 atom stereocenters. The summed E-state index contributed by atoms with van der Waals surface area (Å²) in [7, 11) is 0. The molecule has 10 heavy (non-hydrogen) atoms. The Kier molecular flexibility index (Phi) is 2.56. The predicted octanol–water partition coefficient (Wildman–Crippen LogP) is 0.905. The molecule has 56 valence electrons. The van der Waals surface area contributed by atoms with E-state index in [-0.39, 0.29) is 6.01 Å². The smallest absolute Gasteiger partial charge is 0.318 e. The normalized spacial score (nSPS) is 10.1. The first-order chi connectivity index (χ1) is 4.83. The highest BCUT2D eigenvalue weighted by atomic mass is 32.2. The molecule has 0 radical (unpaired) electrons. The monoisotopic (exact) mass is 159 g/mol. The van der Waals surface area contributed by atoms with Gasteiger partial charge in [-0.2, -0.15) is 16.7 Å². The van der Waals surface area contributed by atoms with E-state index in [0.29, 0.717) is 5.82 Å². The third kappa shape index (κ3) is 1.91. The molecule has 0 bridgehead atoms. The van der Waals surface area contributed by atoms with Crippen molar-refractivity contribution in [2.75, 3.05) is 11.5 Å². The number of anilines is 1. The van der Waals surface area contributed by atoms with E-state index in [1.54, 1.807) is 11.8 Å². The van der Waals surface area contributed by atoms with Gasteiger partial charge in [-0.3, -0.25) is 0 Å². The zero-order valence-corrected chi connectivity index (χ0v) is 6.52. The summed E-state index contributed by atoms with van der Waals surface area (Å²) in [5, 5.41) is 3.62. The molecular formula is C5H9N3OS. The Labute approximate surface area is 63.2 Å². The Morgan fingerprint density at radius 1 is 1.70 bits per heavy atom. The first kappa shape index (κ1) is 7.40. The maximum Gasteiger partial charge on any atom is 0.318 e. The van der Waals surface area contributed by atoms with Crippen LogP contribution < -0.4 is 5.73 Å². The van der Waals surface area contributed by atoms with Gasteiger partial charge in [0.2, 0.25) is 0 Å². The van der Waals surface area contributed by atoms with E-state index in [9.17, 15) is 0 Å². The number of nitrogens with two attached hydrogens (primary N) is 1. The van der Waals surface area contributed by atoms with E-state index in [1.165, 1.54) is 0 Å². The Hall–Kier alpha value is -0.710. The van der Waals surface area contributed by atoms with Crippen LogP contribution in [0.1, 0.15) is 12.7 Å². The van der Waals surface area contributed by atoms with Crippen LogP contribution in [0.3, 0.4) is 0 Å². The lowest BCUT2D eigenvalue weighted by molar-refractivity contribution is 0.429. The molecule has 0 aliphatic rings. The molecule has 0 aliphatic heterocycles. The van der Waals surface area contributed by atoms with Crippen LogP contribution in [0.2, 0.25) is 0 Å². The van der Waals surface area contributed by atoms with Crippen LogP contribution >= 0.6 is 11.8 Å². The van der Waals surface area contributed by atoms with Gasteiger partial charge in [0.25, 0.3) is 0 Å². The van der Waals surface area contributed by atoms with Gasteiger partial charge >= 0.3 is 6.01 Å². The number of hydrogen-bond acceptors (Lipinski definition) is 5. The molecule has 1 aromatic heterocycles. The lowest BCUT2D eigenvalue weighted by Gasteiger charge is -1.87. The fourth-order valence-electron chi connectivity index (χ4n) is 0.519. The lowest BCUT2D eigenvalue weighted by atomic mass is 10.7. The molecule has 1 rings (SSSR count). The first-order valence-electron chi connectivity index (χ1n) is 2.98. The van der Waals surface area contributed by atoms with E-state index in [0.717, 1.165) is 11.5 Å². The van der Waals surface area contributed by atoms with Gasteiger partial charge in [0.15, 0.2) is 5.82 Å². The van der Waals surface area contributed by atoms with Crippen molar-refractivity contribution in [2.45, 2.75) is 12.7 Å². The largest absolute Gasteiger partial charge is 0.351 e. The maximum atomic E-state index is 5.20. The van der Waals surface area contributed by atoms with Crippen molar-refractivity contribution in [2.24, 2.45) is 0 Å². The van der Waals surface area contributed by atoms with Gasteiger partial charge in [0.05, 0.1) is 5.75 Å². The van der Waals surface area contributed by atoms with Crippen LogP contribution in [-0.4, -0.2) is 15.9 Å². The summed E-state index contributed by atoms with van der Waals surface area (Å²) in [4.78, 5) is 3.83.